The van der Waals surface area contributed by atoms with Gasteiger partial charge in [-0.05, 0) is 13.8 Å². The number of aliphatic hydroxyl groups excluding tert-OH is 1. The Morgan fingerprint density at radius 1 is 1.36 bits per heavy atom. The van der Waals surface area contributed by atoms with E-state index in [-0.39, 0.29) is 25.2 Å². The Labute approximate surface area is 130 Å². The highest BCUT2D eigenvalue weighted by Crippen LogP contribution is 2.24. The molecule has 0 radical (unpaired) electrons. The molecule has 118 valence electrons. The fourth-order valence-electron chi connectivity index (χ4n) is 2.09. The van der Waals surface area contributed by atoms with Gasteiger partial charge in [0.25, 0.3) is 0 Å². The Balaban J connectivity index is 2.27. The van der Waals surface area contributed by atoms with E-state index in [2.05, 4.69) is 10.4 Å². The quantitative estimate of drug-likeness (QED) is 0.892. The number of amides is 2. The molecule has 0 saturated carbocycles. The monoisotopic (exact) mass is 302 g/mol. The van der Waals surface area contributed by atoms with E-state index in [1.807, 2.05) is 50.2 Å². The van der Waals surface area contributed by atoms with Gasteiger partial charge < -0.3 is 10.0 Å². The van der Waals surface area contributed by atoms with Gasteiger partial charge in [-0.3, -0.25) is 5.32 Å². The molecule has 22 heavy (non-hydrogen) atoms. The molecule has 2 N–H and O–H groups in total. The number of urea groups is 1. The summed E-state index contributed by atoms with van der Waals surface area (Å²) in [6.45, 7) is 4.24. The second kappa shape index (κ2) is 7.09. The molecular formula is C16H22N4O2. The summed E-state index contributed by atoms with van der Waals surface area (Å²) in [5.41, 5.74) is 1.82. The number of carbonyl (C=O) groups is 1. The predicted molar refractivity (Wildman–Crippen MR) is 86.8 cm³/mol. The lowest BCUT2D eigenvalue weighted by Crippen LogP contribution is -2.34. The zero-order chi connectivity index (χ0) is 16.1. The minimum atomic E-state index is -0.268. The number of hydrogen-bond acceptors (Lipinski definition) is 3. The molecule has 1 aromatic carbocycles. The number of anilines is 1. The van der Waals surface area contributed by atoms with Crippen LogP contribution in [0, 0.1) is 0 Å². The molecule has 2 aromatic rings. The van der Waals surface area contributed by atoms with Crippen LogP contribution >= 0.6 is 0 Å². The lowest BCUT2D eigenvalue weighted by atomic mass is 10.2. The Kier molecular flexibility index (Phi) is 5.16. The zero-order valence-corrected chi connectivity index (χ0v) is 13.2. The molecule has 0 atom stereocenters. The van der Waals surface area contributed by atoms with Crippen molar-refractivity contribution in [2.75, 3.05) is 25.5 Å². The fourth-order valence-corrected chi connectivity index (χ4v) is 2.09. The first-order valence-electron chi connectivity index (χ1n) is 7.31. The average Bonchev–Trinajstić information content (AvgIpc) is 2.92. The summed E-state index contributed by atoms with van der Waals surface area (Å²) in [6, 6.07) is 11.5. The van der Waals surface area contributed by atoms with Crippen molar-refractivity contribution in [1.82, 2.24) is 14.7 Å². The van der Waals surface area contributed by atoms with Crippen LogP contribution in [0.2, 0.25) is 0 Å². The molecule has 0 unspecified atom stereocenters. The Morgan fingerprint density at radius 3 is 2.64 bits per heavy atom. The van der Waals surface area contributed by atoms with E-state index in [0.29, 0.717) is 5.82 Å². The molecule has 2 amide bonds. The van der Waals surface area contributed by atoms with Crippen LogP contribution < -0.4 is 5.32 Å². The number of carbonyl (C=O) groups excluding carboxylic acids is 1. The van der Waals surface area contributed by atoms with Crippen LogP contribution in [0.3, 0.4) is 0 Å². The van der Waals surface area contributed by atoms with Crippen molar-refractivity contribution < 1.29 is 9.90 Å². The summed E-state index contributed by atoms with van der Waals surface area (Å²) < 4.78 is 1.78. The first-order chi connectivity index (χ1) is 10.5. The summed E-state index contributed by atoms with van der Waals surface area (Å²) >= 11 is 0. The largest absolute Gasteiger partial charge is 0.395 e. The lowest BCUT2D eigenvalue weighted by Gasteiger charge is -2.18. The maximum atomic E-state index is 12.1. The summed E-state index contributed by atoms with van der Waals surface area (Å²) in [5.74, 6) is 0.642. The van der Waals surface area contributed by atoms with Crippen molar-refractivity contribution in [3.63, 3.8) is 0 Å². The number of rotatable bonds is 5. The second-order valence-electron chi connectivity index (χ2n) is 5.39. The summed E-state index contributed by atoms with van der Waals surface area (Å²) in [5, 5.41) is 16.3. The standard InChI is InChI=1S/C16H22N4O2/c1-12(2)20-15(17-16(22)19(3)9-10-21)11-14(18-20)13-7-5-4-6-8-13/h4-8,11-12,21H,9-10H2,1-3H3,(H,17,22). The van der Waals surface area contributed by atoms with Gasteiger partial charge >= 0.3 is 6.03 Å². The third-order valence-corrected chi connectivity index (χ3v) is 3.31. The van der Waals surface area contributed by atoms with Gasteiger partial charge in [-0.2, -0.15) is 5.10 Å². The van der Waals surface area contributed by atoms with E-state index in [0.717, 1.165) is 11.3 Å². The van der Waals surface area contributed by atoms with Crippen LogP contribution in [0.4, 0.5) is 10.6 Å². The molecule has 0 aliphatic heterocycles. The Bertz CT molecular complexity index is 622. The van der Waals surface area contributed by atoms with Crippen molar-refractivity contribution in [3.05, 3.63) is 36.4 Å². The van der Waals surface area contributed by atoms with Gasteiger partial charge in [0.2, 0.25) is 0 Å². The third-order valence-electron chi connectivity index (χ3n) is 3.31. The number of nitrogens with one attached hydrogen (secondary N) is 1. The van der Waals surface area contributed by atoms with E-state index in [1.54, 1.807) is 11.7 Å². The number of aromatic nitrogens is 2. The van der Waals surface area contributed by atoms with E-state index in [9.17, 15) is 4.79 Å². The van der Waals surface area contributed by atoms with Crippen molar-refractivity contribution in [1.29, 1.82) is 0 Å². The molecule has 0 spiro atoms. The van der Waals surface area contributed by atoms with Crippen molar-refractivity contribution in [2.45, 2.75) is 19.9 Å². The van der Waals surface area contributed by atoms with Gasteiger partial charge in [0.05, 0.1) is 12.3 Å². The maximum absolute atomic E-state index is 12.1. The van der Waals surface area contributed by atoms with Crippen LogP contribution in [-0.4, -0.2) is 46.0 Å². The van der Waals surface area contributed by atoms with Gasteiger partial charge in [-0.15, -0.1) is 0 Å². The van der Waals surface area contributed by atoms with E-state index in [1.165, 1.54) is 4.90 Å². The third kappa shape index (κ3) is 3.65. The molecule has 2 rings (SSSR count). The van der Waals surface area contributed by atoms with Crippen LogP contribution in [0.25, 0.3) is 11.3 Å². The summed E-state index contributed by atoms with van der Waals surface area (Å²) in [7, 11) is 1.64. The fraction of sp³-hybridized carbons (Fsp3) is 0.375. The van der Waals surface area contributed by atoms with Gasteiger partial charge in [0.15, 0.2) is 0 Å². The molecule has 6 nitrogen and oxygen atoms in total. The molecule has 0 aliphatic rings. The lowest BCUT2D eigenvalue weighted by molar-refractivity contribution is 0.202. The molecule has 0 bridgehead atoms. The van der Waals surface area contributed by atoms with E-state index < -0.39 is 0 Å². The number of aliphatic hydroxyl groups is 1. The van der Waals surface area contributed by atoms with E-state index >= 15 is 0 Å². The van der Waals surface area contributed by atoms with Crippen molar-refractivity contribution >= 4 is 11.8 Å². The van der Waals surface area contributed by atoms with Gasteiger partial charge in [-0.1, -0.05) is 30.3 Å². The number of nitrogens with zero attached hydrogens (tertiary/aromatic N) is 3. The van der Waals surface area contributed by atoms with E-state index in [4.69, 9.17) is 5.11 Å². The Morgan fingerprint density at radius 2 is 2.05 bits per heavy atom. The highest BCUT2D eigenvalue weighted by molar-refractivity contribution is 5.89. The number of hydrogen-bond donors (Lipinski definition) is 2. The zero-order valence-electron chi connectivity index (χ0n) is 13.2. The highest BCUT2D eigenvalue weighted by Gasteiger charge is 2.16. The first-order valence-corrected chi connectivity index (χ1v) is 7.31. The number of benzene rings is 1. The maximum Gasteiger partial charge on any atom is 0.322 e. The molecule has 1 heterocycles. The highest BCUT2D eigenvalue weighted by atomic mass is 16.3. The van der Waals surface area contributed by atoms with Crippen LogP contribution in [-0.2, 0) is 0 Å². The van der Waals surface area contributed by atoms with Gasteiger partial charge in [0.1, 0.15) is 5.82 Å². The van der Waals surface area contributed by atoms with Crippen molar-refractivity contribution in [2.24, 2.45) is 0 Å². The van der Waals surface area contributed by atoms with Crippen LogP contribution in [0.1, 0.15) is 19.9 Å². The molecule has 0 fully saturated rings. The topological polar surface area (TPSA) is 70.4 Å². The molecule has 1 aromatic heterocycles. The van der Waals surface area contributed by atoms with Crippen LogP contribution in [0.5, 0.6) is 0 Å². The van der Waals surface area contributed by atoms with Crippen LogP contribution in [0.15, 0.2) is 36.4 Å². The normalized spacial score (nSPS) is 10.8. The average molecular weight is 302 g/mol. The predicted octanol–water partition coefficient (Wildman–Crippen LogP) is 2.59. The molecule has 6 heteroatoms. The molecule has 0 aliphatic carbocycles. The SMILES string of the molecule is CC(C)n1nc(-c2ccccc2)cc1NC(=O)N(C)CCO. The Hall–Kier alpha value is -2.34. The second-order valence-corrected chi connectivity index (χ2v) is 5.39. The van der Waals surface area contributed by atoms with Crippen molar-refractivity contribution in [3.8, 4) is 11.3 Å². The number of likely N-dealkylation sites (N-methyl/N-ethyl adjacent to an activating group) is 1. The first kappa shape index (κ1) is 16.0. The summed E-state index contributed by atoms with van der Waals surface area (Å²) in [6.07, 6.45) is 0. The van der Waals surface area contributed by atoms with Gasteiger partial charge in [-0.25, -0.2) is 9.48 Å². The summed E-state index contributed by atoms with van der Waals surface area (Å²) in [4.78, 5) is 13.5. The molecule has 0 saturated heterocycles. The molecular weight excluding hydrogens is 280 g/mol. The van der Waals surface area contributed by atoms with Gasteiger partial charge in [0, 0.05) is 31.3 Å². The smallest absolute Gasteiger partial charge is 0.322 e. The minimum absolute atomic E-state index is 0.0668. The minimum Gasteiger partial charge on any atom is -0.395 e.